The average Bonchev–Trinajstić information content (AvgIpc) is 2.84. The van der Waals surface area contributed by atoms with E-state index in [0.29, 0.717) is 92.5 Å². The monoisotopic (exact) mass is 532 g/mol. The van der Waals surface area contributed by atoms with E-state index in [1.165, 1.54) is 0 Å². The minimum Gasteiger partial charge on any atom is -0.377 e. The van der Waals surface area contributed by atoms with E-state index in [2.05, 4.69) is 4.18 Å². The maximum atomic E-state index is 10.7. The van der Waals surface area contributed by atoms with Gasteiger partial charge in [-0.1, -0.05) is 0 Å². The molecule has 1 rings (SSSR count). The highest BCUT2D eigenvalue weighted by Gasteiger charge is 2.13. The van der Waals surface area contributed by atoms with Crippen LogP contribution in [0, 0.1) is 0 Å². The lowest BCUT2D eigenvalue weighted by molar-refractivity contribution is -0.169. The summed E-state index contributed by atoms with van der Waals surface area (Å²) in [7, 11) is -3.41. The quantitative estimate of drug-likeness (QED) is 0.114. The van der Waals surface area contributed by atoms with Crippen molar-refractivity contribution in [2.45, 2.75) is 25.6 Å². The first-order chi connectivity index (χ1) is 17.1. The van der Waals surface area contributed by atoms with E-state index in [9.17, 15) is 8.42 Å². The molecule has 12 nitrogen and oxygen atoms in total. The van der Waals surface area contributed by atoms with E-state index in [1.807, 2.05) is 0 Å². The fraction of sp³-hybridized carbons (Fsp3) is 1.00. The van der Waals surface area contributed by atoms with Crippen LogP contribution < -0.4 is 0 Å². The molecule has 1 fully saturated rings. The van der Waals surface area contributed by atoms with Gasteiger partial charge in [0.05, 0.1) is 112 Å². The van der Waals surface area contributed by atoms with Gasteiger partial charge in [0.2, 0.25) is 0 Å². The Hall–Kier alpha value is -0.450. The highest BCUT2D eigenvalue weighted by atomic mass is 32.2. The Bertz CT molecular complexity index is 543. The molecule has 0 aromatic heterocycles. The van der Waals surface area contributed by atoms with Crippen LogP contribution in [0.2, 0.25) is 0 Å². The molecule has 0 aromatic rings. The van der Waals surface area contributed by atoms with Crippen molar-refractivity contribution in [3.8, 4) is 0 Å². The van der Waals surface area contributed by atoms with Gasteiger partial charge in [-0.05, 0) is 19.3 Å². The van der Waals surface area contributed by atoms with Crippen molar-refractivity contribution in [3.05, 3.63) is 0 Å². The second kappa shape index (κ2) is 23.9. The van der Waals surface area contributed by atoms with Crippen LogP contribution >= 0.6 is 0 Å². The topological polar surface area (TPSA) is 126 Å². The standard InChI is InChI=1S/C22H44O12S/c1-35(23,24)34-21-19-31-17-15-29-13-11-27-9-7-25-6-8-26-10-12-28-14-16-30-18-20-33-22-4-2-3-5-32-22/h22H,2-21H2,1H3. The lowest BCUT2D eigenvalue weighted by Gasteiger charge is -2.22. The molecule has 0 aromatic carbocycles. The Morgan fingerprint density at radius 1 is 0.571 bits per heavy atom. The predicted molar refractivity (Wildman–Crippen MR) is 126 cm³/mol. The predicted octanol–water partition coefficient (Wildman–Crippen LogP) is 0.622. The molecule has 210 valence electrons. The largest absolute Gasteiger partial charge is 0.377 e. The molecular weight excluding hydrogens is 488 g/mol. The molecule has 1 saturated heterocycles. The third-order valence-corrected chi connectivity index (χ3v) is 5.02. The van der Waals surface area contributed by atoms with Crippen LogP contribution in [0.4, 0.5) is 0 Å². The fourth-order valence-electron chi connectivity index (χ4n) is 2.75. The van der Waals surface area contributed by atoms with Crippen molar-refractivity contribution in [3.63, 3.8) is 0 Å². The molecule has 0 saturated carbocycles. The Kier molecular flexibility index (Phi) is 22.3. The van der Waals surface area contributed by atoms with Crippen LogP contribution in [0.15, 0.2) is 0 Å². The van der Waals surface area contributed by atoms with E-state index < -0.39 is 10.1 Å². The van der Waals surface area contributed by atoms with Crippen molar-refractivity contribution in [2.24, 2.45) is 0 Å². The molecular formula is C22H44O12S. The summed E-state index contributed by atoms with van der Waals surface area (Å²) in [6.45, 7) is 7.75. The molecule has 1 atom stereocenters. The smallest absolute Gasteiger partial charge is 0.264 e. The van der Waals surface area contributed by atoms with Crippen molar-refractivity contribution >= 4 is 10.1 Å². The van der Waals surface area contributed by atoms with Gasteiger partial charge in [-0.3, -0.25) is 4.18 Å². The summed E-state index contributed by atoms with van der Waals surface area (Å²) >= 11 is 0. The molecule has 0 aliphatic carbocycles. The van der Waals surface area contributed by atoms with Crippen molar-refractivity contribution in [1.29, 1.82) is 0 Å². The molecule has 1 aliphatic heterocycles. The minimum absolute atomic E-state index is 0.00395. The number of hydrogen-bond acceptors (Lipinski definition) is 12. The molecule has 0 amide bonds. The number of rotatable bonds is 26. The van der Waals surface area contributed by atoms with Crippen LogP contribution in [0.3, 0.4) is 0 Å². The number of hydrogen-bond donors (Lipinski definition) is 0. The molecule has 1 unspecified atom stereocenters. The second-order valence-corrected chi connectivity index (χ2v) is 9.12. The summed E-state index contributed by atoms with van der Waals surface area (Å²) in [5.74, 6) is 0. The maximum Gasteiger partial charge on any atom is 0.264 e. The van der Waals surface area contributed by atoms with Crippen LogP contribution in [0.25, 0.3) is 0 Å². The Morgan fingerprint density at radius 3 is 1.29 bits per heavy atom. The van der Waals surface area contributed by atoms with Crippen LogP contribution in [0.5, 0.6) is 0 Å². The summed E-state index contributed by atoms with van der Waals surface area (Å²) in [4.78, 5) is 0. The zero-order chi connectivity index (χ0) is 25.3. The molecule has 1 aliphatic rings. The summed E-state index contributed by atoms with van der Waals surface area (Å²) in [5.41, 5.74) is 0. The highest BCUT2D eigenvalue weighted by molar-refractivity contribution is 7.85. The van der Waals surface area contributed by atoms with E-state index in [1.54, 1.807) is 0 Å². The Morgan fingerprint density at radius 2 is 0.943 bits per heavy atom. The summed E-state index contributed by atoms with van der Waals surface area (Å²) in [6, 6.07) is 0. The van der Waals surface area contributed by atoms with Gasteiger partial charge in [-0.15, -0.1) is 0 Å². The first-order valence-corrected chi connectivity index (χ1v) is 14.0. The first-order valence-electron chi connectivity index (χ1n) is 12.2. The summed E-state index contributed by atoms with van der Waals surface area (Å²) < 4.78 is 74.7. The molecule has 35 heavy (non-hydrogen) atoms. The van der Waals surface area contributed by atoms with Gasteiger partial charge in [0.1, 0.15) is 0 Å². The van der Waals surface area contributed by atoms with Crippen molar-refractivity contribution < 1.29 is 55.2 Å². The first kappa shape index (κ1) is 32.6. The maximum absolute atomic E-state index is 10.7. The molecule has 0 radical (unpaired) electrons. The molecule has 13 heteroatoms. The van der Waals surface area contributed by atoms with Gasteiger partial charge in [0, 0.05) is 6.61 Å². The van der Waals surface area contributed by atoms with E-state index in [-0.39, 0.29) is 19.5 Å². The minimum atomic E-state index is -3.41. The van der Waals surface area contributed by atoms with Crippen LogP contribution in [-0.2, 0) is 56.9 Å². The second-order valence-electron chi connectivity index (χ2n) is 7.48. The fourth-order valence-corrected chi connectivity index (χ4v) is 3.12. The third kappa shape index (κ3) is 25.0. The van der Waals surface area contributed by atoms with Crippen molar-refractivity contribution in [2.75, 3.05) is 119 Å². The van der Waals surface area contributed by atoms with E-state index in [4.69, 9.17) is 42.6 Å². The lowest BCUT2D eigenvalue weighted by Crippen LogP contribution is -2.24. The zero-order valence-electron chi connectivity index (χ0n) is 21.0. The van der Waals surface area contributed by atoms with Gasteiger partial charge in [-0.25, -0.2) is 0 Å². The van der Waals surface area contributed by atoms with E-state index in [0.717, 1.165) is 32.1 Å². The summed E-state index contributed by atoms with van der Waals surface area (Å²) in [5, 5.41) is 0. The van der Waals surface area contributed by atoms with Gasteiger partial charge in [-0.2, -0.15) is 8.42 Å². The van der Waals surface area contributed by atoms with Crippen LogP contribution in [-0.4, -0.2) is 133 Å². The SMILES string of the molecule is CS(=O)(=O)OCCOCCOCCOCCOCCOCCOCCOCCOC1CCCCO1. The third-order valence-electron chi connectivity index (χ3n) is 4.43. The van der Waals surface area contributed by atoms with E-state index >= 15 is 0 Å². The van der Waals surface area contributed by atoms with Gasteiger partial charge < -0.3 is 42.6 Å². The molecule has 0 spiro atoms. The van der Waals surface area contributed by atoms with Gasteiger partial charge in [0.25, 0.3) is 10.1 Å². The molecule has 1 heterocycles. The van der Waals surface area contributed by atoms with Crippen molar-refractivity contribution in [1.82, 2.24) is 0 Å². The van der Waals surface area contributed by atoms with Gasteiger partial charge >= 0.3 is 0 Å². The highest BCUT2D eigenvalue weighted by Crippen LogP contribution is 2.13. The average molecular weight is 533 g/mol. The lowest BCUT2D eigenvalue weighted by atomic mass is 10.2. The molecule has 0 bridgehead atoms. The Labute approximate surface area is 209 Å². The Balaban J connectivity index is 1.64. The summed E-state index contributed by atoms with van der Waals surface area (Å²) in [6.07, 6.45) is 4.17. The normalized spacial score (nSPS) is 16.7. The van der Waals surface area contributed by atoms with Gasteiger partial charge in [0.15, 0.2) is 6.29 Å². The zero-order valence-corrected chi connectivity index (χ0v) is 21.8. The number of ether oxygens (including phenoxy) is 9. The van der Waals surface area contributed by atoms with Crippen LogP contribution in [0.1, 0.15) is 19.3 Å². The molecule has 0 N–H and O–H groups in total.